The molecule has 0 saturated carbocycles. The first kappa shape index (κ1) is 21.6. The zero-order valence-electron chi connectivity index (χ0n) is 17.4. The smallest absolute Gasteiger partial charge is 0.175 e. The largest absolute Gasteiger partial charge is 0.362 e. The minimum absolute atomic E-state index is 0.656. The molecule has 5 nitrogen and oxygen atoms in total. The van der Waals surface area contributed by atoms with Gasteiger partial charge >= 0.3 is 0 Å². The average Bonchev–Trinajstić information content (AvgIpc) is 3.24. The Morgan fingerprint density at radius 2 is 1.26 bits per heavy atom. The van der Waals surface area contributed by atoms with Crippen LogP contribution >= 0.6 is 20.6 Å². The summed E-state index contributed by atoms with van der Waals surface area (Å²) in [6.45, 7) is 3.77. The molecule has 7 heteroatoms. The molecule has 3 N–H and O–H groups in total. The maximum absolute atomic E-state index is 5.40. The first-order chi connectivity index (χ1) is 15.3. The highest BCUT2D eigenvalue weighted by molar-refractivity contribution is 7.80. The molecule has 0 radical (unpaired) electrons. The minimum atomic E-state index is -0.656. The molecule has 1 saturated heterocycles. The molecular weight excluding hydrogens is 421 g/mol. The Bertz CT molecular complexity index is 894. The molecule has 0 unspecified atom stereocenters. The topological polar surface area (TPSA) is 42.6 Å². The quantitative estimate of drug-likeness (QED) is 0.249. The summed E-state index contributed by atoms with van der Waals surface area (Å²) in [5, 5.41) is 11.0. The number of hydrogen-bond donors (Lipinski definition) is 3. The molecule has 0 aromatic heterocycles. The minimum Gasteiger partial charge on any atom is -0.362 e. The molecule has 0 atom stereocenters. The van der Waals surface area contributed by atoms with Crippen LogP contribution in [0.4, 0.5) is 17.1 Å². The summed E-state index contributed by atoms with van der Waals surface area (Å²) >= 11 is 5.40. The second kappa shape index (κ2) is 11.1. The number of rotatable bonds is 8. The van der Waals surface area contributed by atoms with Crippen LogP contribution in [0.3, 0.4) is 0 Å². The number of hydrogen-bond acceptors (Lipinski definition) is 4. The van der Waals surface area contributed by atoms with Crippen LogP contribution < -0.4 is 25.1 Å². The molecule has 1 aliphatic heterocycles. The van der Waals surface area contributed by atoms with Crippen molar-refractivity contribution in [3.05, 3.63) is 91.0 Å². The lowest BCUT2D eigenvalue weighted by atomic mass is 10.3. The van der Waals surface area contributed by atoms with Gasteiger partial charge in [0.2, 0.25) is 0 Å². The Balaban J connectivity index is 1.31. The highest BCUT2D eigenvalue weighted by atomic mass is 32.1. The first-order valence-electron chi connectivity index (χ1n) is 10.6. The van der Waals surface area contributed by atoms with Crippen LogP contribution in [0.25, 0.3) is 0 Å². The Hall–Kier alpha value is -2.66. The Kier molecular flexibility index (Phi) is 7.72. The van der Waals surface area contributed by atoms with Crippen molar-refractivity contribution in [2.75, 3.05) is 40.8 Å². The lowest BCUT2D eigenvalue weighted by Crippen LogP contribution is -2.32. The fourth-order valence-corrected chi connectivity index (χ4v) is 5.97. The van der Waals surface area contributed by atoms with E-state index >= 15 is 0 Å². The van der Waals surface area contributed by atoms with Crippen molar-refractivity contribution < 1.29 is 0 Å². The maximum atomic E-state index is 5.40. The van der Waals surface area contributed by atoms with Crippen molar-refractivity contribution >= 4 is 42.8 Å². The molecule has 3 aromatic rings. The van der Waals surface area contributed by atoms with Gasteiger partial charge in [-0.2, -0.15) is 0 Å². The van der Waals surface area contributed by atoms with Gasteiger partial charge in [0.05, 0.1) is 0 Å². The van der Waals surface area contributed by atoms with E-state index in [-0.39, 0.29) is 0 Å². The zero-order chi connectivity index (χ0) is 21.3. The molecule has 1 fully saturated rings. The van der Waals surface area contributed by atoms with Crippen LogP contribution in [0.5, 0.6) is 0 Å². The summed E-state index contributed by atoms with van der Waals surface area (Å²) in [6.07, 6.45) is 0.987. The molecule has 3 aromatic carbocycles. The first-order valence-corrected chi connectivity index (χ1v) is 12.3. The van der Waals surface area contributed by atoms with E-state index in [1.54, 1.807) is 0 Å². The van der Waals surface area contributed by atoms with Gasteiger partial charge in [-0.15, -0.1) is 0 Å². The van der Waals surface area contributed by atoms with Gasteiger partial charge in [0, 0.05) is 43.2 Å². The summed E-state index contributed by atoms with van der Waals surface area (Å²) in [4.78, 5) is 0. The zero-order valence-corrected chi connectivity index (χ0v) is 19.2. The number of thiocarbonyl (C=S) groups is 1. The van der Waals surface area contributed by atoms with Gasteiger partial charge < -0.3 is 20.0 Å². The monoisotopic (exact) mass is 449 g/mol. The van der Waals surface area contributed by atoms with Gasteiger partial charge in [0.1, 0.15) is 0 Å². The SMILES string of the molecule is S=C(NCCCNP1N(c2ccccc2)CCN1c1ccccc1)Nc1ccccc1. The summed E-state index contributed by atoms with van der Waals surface area (Å²) in [5.74, 6) is 0. The van der Waals surface area contributed by atoms with E-state index in [1.165, 1.54) is 11.4 Å². The van der Waals surface area contributed by atoms with Gasteiger partial charge in [-0.25, -0.2) is 0 Å². The maximum Gasteiger partial charge on any atom is 0.175 e. The van der Waals surface area contributed by atoms with Crippen LogP contribution in [-0.2, 0) is 0 Å². The van der Waals surface area contributed by atoms with Gasteiger partial charge in [-0.1, -0.05) is 54.6 Å². The van der Waals surface area contributed by atoms with Crippen molar-refractivity contribution in [3.63, 3.8) is 0 Å². The van der Waals surface area contributed by atoms with Crippen LogP contribution in [-0.4, -0.2) is 31.3 Å². The fourth-order valence-electron chi connectivity index (χ4n) is 3.52. The average molecular weight is 450 g/mol. The fraction of sp³-hybridized carbons (Fsp3) is 0.208. The highest BCUT2D eigenvalue weighted by Crippen LogP contribution is 2.49. The van der Waals surface area contributed by atoms with Crippen molar-refractivity contribution in [1.82, 2.24) is 10.4 Å². The van der Waals surface area contributed by atoms with E-state index in [0.717, 1.165) is 38.3 Å². The molecule has 4 rings (SSSR count). The van der Waals surface area contributed by atoms with Crippen LogP contribution in [0.2, 0.25) is 0 Å². The second-order valence-electron chi connectivity index (χ2n) is 7.22. The van der Waals surface area contributed by atoms with Crippen LogP contribution in [0.1, 0.15) is 6.42 Å². The third-order valence-electron chi connectivity index (χ3n) is 5.01. The summed E-state index contributed by atoms with van der Waals surface area (Å²) in [6, 6.07) is 31.4. The molecule has 1 aliphatic rings. The van der Waals surface area contributed by atoms with Crippen molar-refractivity contribution in [3.8, 4) is 0 Å². The molecule has 1 heterocycles. The molecule has 0 aliphatic carbocycles. The summed E-state index contributed by atoms with van der Waals surface area (Å²) in [7, 11) is -0.656. The molecular formula is C24H28N5PS. The standard InChI is InChI=1S/C24H28N5PS/c31-24(27-21-11-4-1-5-12-21)25-17-10-18-26-30-28(22-13-6-2-7-14-22)19-20-29(30)23-15-8-3-9-16-23/h1-9,11-16,26H,10,17-20H2,(H2,25,27,31). The van der Waals surface area contributed by atoms with Crippen LogP contribution in [0, 0.1) is 0 Å². The lowest BCUT2D eigenvalue weighted by molar-refractivity contribution is 0.756. The third kappa shape index (κ3) is 5.95. The third-order valence-corrected chi connectivity index (χ3v) is 7.54. The number of para-hydroxylation sites is 3. The van der Waals surface area contributed by atoms with E-state index < -0.39 is 8.37 Å². The predicted octanol–water partition coefficient (Wildman–Crippen LogP) is 5.21. The Labute approximate surface area is 191 Å². The van der Waals surface area contributed by atoms with Gasteiger partial charge in [-0.3, -0.25) is 5.09 Å². The molecule has 160 valence electrons. The van der Waals surface area contributed by atoms with Crippen molar-refractivity contribution in [2.45, 2.75) is 6.42 Å². The molecule has 0 bridgehead atoms. The van der Waals surface area contributed by atoms with Gasteiger partial charge in [0.15, 0.2) is 13.5 Å². The normalized spacial score (nSPS) is 13.9. The lowest BCUT2D eigenvalue weighted by Gasteiger charge is -2.32. The van der Waals surface area contributed by atoms with E-state index in [0.29, 0.717) is 5.11 Å². The summed E-state index contributed by atoms with van der Waals surface area (Å²) in [5.41, 5.74) is 3.54. The van der Waals surface area contributed by atoms with E-state index in [1.807, 2.05) is 30.3 Å². The van der Waals surface area contributed by atoms with Crippen molar-refractivity contribution in [1.29, 1.82) is 0 Å². The number of nitrogens with zero attached hydrogens (tertiary/aromatic N) is 2. The second-order valence-corrected chi connectivity index (χ2v) is 9.48. The van der Waals surface area contributed by atoms with E-state index in [2.05, 4.69) is 85.7 Å². The highest BCUT2D eigenvalue weighted by Gasteiger charge is 2.32. The molecule has 0 spiro atoms. The van der Waals surface area contributed by atoms with Crippen LogP contribution in [0.15, 0.2) is 91.0 Å². The van der Waals surface area contributed by atoms with Gasteiger partial charge in [0.25, 0.3) is 0 Å². The number of anilines is 3. The van der Waals surface area contributed by atoms with E-state index in [4.69, 9.17) is 12.2 Å². The Morgan fingerprint density at radius 1 is 0.742 bits per heavy atom. The van der Waals surface area contributed by atoms with Crippen molar-refractivity contribution in [2.24, 2.45) is 0 Å². The van der Waals surface area contributed by atoms with Gasteiger partial charge in [-0.05, 0) is 55.0 Å². The van der Waals surface area contributed by atoms with E-state index in [9.17, 15) is 0 Å². The number of nitrogens with one attached hydrogen (secondary N) is 3. The predicted molar refractivity (Wildman–Crippen MR) is 138 cm³/mol. The molecule has 0 amide bonds. The summed E-state index contributed by atoms with van der Waals surface area (Å²) < 4.78 is 4.99. The molecule has 31 heavy (non-hydrogen) atoms. The Morgan fingerprint density at radius 3 is 1.81 bits per heavy atom. The number of benzene rings is 3.